The van der Waals surface area contributed by atoms with Crippen LogP contribution >= 0.6 is 11.6 Å². The van der Waals surface area contributed by atoms with E-state index in [4.69, 9.17) is 16.7 Å². The zero-order valence-corrected chi connectivity index (χ0v) is 15.4. The molecule has 1 aromatic heterocycles. The van der Waals surface area contributed by atoms with Crippen LogP contribution in [-0.2, 0) is 11.3 Å². The van der Waals surface area contributed by atoms with Gasteiger partial charge in [0.2, 0.25) is 0 Å². The van der Waals surface area contributed by atoms with E-state index in [1.165, 1.54) is 4.90 Å². The predicted octanol–water partition coefficient (Wildman–Crippen LogP) is 3.14. The number of amides is 1. The third-order valence-electron chi connectivity index (χ3n) is 3.98. The van der Waals surface area contributed by atoms with Gasteiger partial charge in [-0.2, -0.15) is 5.10 Å². The van der Waals surface area contributed by atoms with Gasteiger partial charge in [0.05, 0.1) is 17.8 Å². The fraction of sp³-hybridized carbons (Fsp3) is 0.389. The zero-order valence-electron chi connectivity index (χ0n) is 14.6. The minimum absolute atomic E-state index is 0.301. The van der Waals surface area contributed by atoms with Crippen LogP contribution < -0.4 is 0 Å². The molecule has 7 heteroatoms. The minimum Gasteiger partial charge on any atom is -0.480 e. The number of carboxylic acids is 1. The number of carbonyl (C=O) groups excluding carboxylic acids is 1. The van der Waals surface area contributed by atoms with Crippen LogP contribution in [0.3, 0.4) is 0 Å². The lowest BCUT2D eigenvalue weighted by atomic mass is 10.1. The first kappa shape index (κ1) is 19.0. The number of aliphatic carboxylic acids is 1. The topological polar surface area (TPSA) is 75.4 Å². The third-order valence-corrected chi connectivity index (χ3v) is 4.35. The summed E-state index contributed by atoms with van der Waals surface area (Å²) >= 11 is 6.20. The SMILES string of the molecule is CCCN(CC(=O)O)C(=O)c1c(C)nn(Cc2ccccc2Cl)c1C. The van der Waals surface area contributed by atoms with Crippen LogP contribution in [0, 0.1) is 13.8 Å². The van der Waals surface area contributed by atoms with Crippen molar-refractivity contribution in [3.63, 3.8) is 0 Å². The second-order valence-corrected chi connectivity index (χ2v) is 6.32. The number of aryl methyl sites for hydroxylation is 1. The molecule has 1 amide bonds. The van der Waals surface area contributed by atoms with Crippen LogP contribution in [0.5, 0.6) is 0 Å². The predicted molar refractivity (Wildman–Crippen MR) is 96.1 cm³/mol. The molecular weight excluding hydrogens is 342 g/mol. The van der Waals surface area contributed by atoms with Crippen molar-refractivity contribution in [3.8, 4) is 0 Å². The number of hydrogen-bond donors (Lipinski definition) is 1. The van der Waals surface area contributed by atoms with Gasteiger partial charge in [0.15, 0.2) is 0 Å². The number of carboxylic acid groups (broad SMARTS) is 1. The van der Waals surface area contributed by atoms with Crippen molar-refractivity contribution in [3.05, 3.63) is 51.8 Å². The number of hydrogen-bond acceptors (Lipinski definition) is 3. The molecule has 0 atom stereocenters. The molecule has 134 valence electrons. The summed E-state index contributed by atoms with van der Waals surface area (Å²) in [6.45, 7) is 6.00. The Morgan fingerprint density at radius 2 is 1.96 bits per heavy atom. The maximum Gasteiger partial charge on any atom is 0.323 e. The molecule has 6 nitrogen and oxygen atoms in total. The molecule has 0 saturated heterocycles. The van der Waals surface area contributed by atoms with Crippen LogP contribution in [0.4, 0.5) is 0 Å². The van der Waals surface area contributed by atoms with Gasteiger partial charge in [-0.25, -0.2) is 0 Å². The first-order valence-electron chi connectivity index (χ1n) is 8.13. The van der Waals surface area contributed by atoms with Crippen LogP contribution in [0.2, 0.25) is 5.02 Å². The van der Waals surface area contributed by atoms with Crippen LogP contribution in [-0.4, -0.2) is 44.8 Å². The van der Waals surface area contributed by atoms with Crippen molar-refractivity contribution in [2.45, 2.75) is 33.7 Å². The highest BCUT2D eigenvalue weighted by atomic mass is 35.5. The van der Waals surface area contributed by atoms with E-state index in [9.17, 15) is 9.59 Å². The first-order valence-corrected chi connectivity index (χ1v) is 8.51. The van der Waals surface area contributed by atoms with Crippen molar-refractivity contribution in [2.75, 3.05) is 13.1 Å². The maximum atomic E-state index is 12.8. The largest absolute Gasteiger partial charge is 0.480 e. The molecule has 0 aliphatic heterocycles. The Balaban J connectivity index is 2.33. The summed E-state index contributed by atoms with van der Waals surface area (Å²) in [5.41, 5.74) is 2.65. The van der Waals surface area contributed by atoms with Gasteiger partial charge in [0, 0.05) is 17.3 Å². The third kappa shape index (κ3) is 4.39. The highest BCUT2D eigenvalue weighted by molar-refractivity contribution is 6.31. The number of carbonyl (C=O) groups is 2. The van der Waals surface area contributed by atoms with Crippen LogP contribution in [0.15, 0.2) is 24.3 Å². The lowest BCUT2D eigenvalue weighted by Crippen LogP contribution is -2.36. The van der Waals surface area contributed by atoms with Gasteiger partial charge in [-0.15, -0.1) is 0 Å². The molecule has 0 aliphatic rings. The summed E-state index contributed by atoms with van der Waals surface area (Å²) in [5, 5.41) is 14.1. The van der Waals surface area contributed by atoms with Crippen molar-refractivity contribution in [1.29, 1.82) is 0 Å². The molecule has 2 rings (SSSR count). The Kier molecular flexibility index (Phi) is 6.20. The fourth-order valence-electron chi connectivity index (χ4n) is 2.79. The Morgan fingerprint density at radius 1 is 1.28 bits per heavy atom. The zero-order chi connectivity index (χ0) is 18.6. The van der Waals surface area contributed by atoms with E-state index < -0.39 is 5.97 Å². The Hall–Kier alpha value is -2.34. The van der Waals surface area contributed by atoms with Gasteiger partial charge in [-0.3, -0.25) is 14.3 Å². The van der Waals surface area contributed by atoms with Gasteiger partial charge in [-0.1, -0.05) is 36.7 Å². The van der Waals surface area contributed by atoms with Crippen LogP contribution in [0.25, 0.3) is 0 Å². The number of halogens is 1. The number of rotatable bonds is 7. The molecule has 0 spiro atoms. The molecule has 1 heterocycles. The van der Waals surface area contributed by atoms with E-state index >= 15 is 0 Å². The second kappa shape index (κ2) is 8.16. The Labute approximate surface area is 152 Å². The van der Waals surface area contributed by atoms with Crippen molar-refractivity contribution in [2.24, 2.45) is 0 Å². The van der Waals surface area contributed by atoms with Crippen molar-refractivity contribution < 1.29 is 14.7 Å². The summed E-state index contributed by atoms with van der Waals surface area (Å²) in [6.07, 6.45) is 0.685. The molecule has 0 saturated carbocycles. The van der Waals surface area contributed by atoms with Gasteiger partial charge in [0.1, 0.15) is 6.54 Å². The van der Waals surface area contributed by atoms with E-state index in [0.717, 1.165) is 5.56 Å². The van der Waals surface area contributed by atoms with E-state index in [0.29, 0.717) is 41.5 Å². The fourth-order valence-corrected chi connectivity index (χ4v) is 2.99. The molecule has 2 aromatic rings. The Morgan fingerprint density at radius 3 is 2.56 bits per heavy atom. The molecule has 0 bridgehead atoms. The Bertz CT molecular complexity index is 786. The van der Waals surface area contributed by atoms with Gasteiger partial charge in [0.25, 0.3) is 5.91 Å². The van der Waals surface area contributed by atoms with E-state index in [1.54, 1.807) is 11.6 Å². The molecule has 25 heavy (non-hydrogen) atoms. The molecule has 0 aliphatic carbocycles. The quantitative estimate of drug-likeness (QED) is 0.820. The molecule has 0 unspecified atom stereocenters. The summed E-state index contributed by atoms with van der Waals surface area (Å²) in [4.78, 5) is 25.2. The van der Waals surface area contributed by atoms with Gasteiger partial charge in [-0.05, 0) is 31.9 Å². The monoisotopic (exact) mass is 363 g/mol. The van der Waals surface area contributed by atoms with E-state index in [-0.39, 0.29) is 12.5 Å². The van der Waals surface area contributed by atoms with Gasteiger partial charge < -0.3 is 10.0 Å². The van der Waals surface area contributed by atoms with E-state index in [2.05, 4.69) is 5.10 Å². The summed E-state index contributed by atoms with van der Waals surface area (Å²) < 4.78 is 1.73. The maximum absolute atomic E-state index is 12.8. The first-order chi connectivity index (χ1) is 11.8. The second-order valence-electron chi connectivity index (χ2n) is 5.92. The highest BCUT2D eigenvalue weighted by Crippen LogP contribution is 2.20. The lowest BCUT2D eigenvalue weighted by Gasteiger charge is -2.20. The molecular formula is C18H22ClN3O3. The van der Waals surface area contributed by atoms with Crippen LogP contribution in [0.1, 0.15) is 40.7 Å². The lowest BCUT2D eigenvalue weighted by molar-refractivity contribution is -0.137. The van der Waals surface area contributed by atoms with Crippen molar-refractivity contribution in [1.82, 2.24) is 14.7 Å². The molecule has 1 aromatic carbocycles. The summed E-state index contributed by atoms with van der Waals surface area (Å²) in [5.74, 6) is -1.33. The number of benzene rings is 1. The molecule has 0 radical (unpaired) electrons. The summed E-state index contributed by atoms with van der Waals surface area (Å²) in [6, 6.07) is 7.48. The average Bonchev–Trinajstić information content (AvgIpc) is 2.82. The van der Waals surface area contributed by atoms with Crippen molar-refractivity contribution >= 4 is 23.5 Å². The highest BCUT2D eigenvalue weighted by Gasteiger charge is 2.25. The smallest absolute Gasteiger partial charge is 0.323 e. The number of nitrogens with zero attached hydrogens (tertiary/aromatic N) is 3. The molecule has 1 N–H and O–H groups in total. The molecule has 0 fully saturated rings. The number of aromatic nitrogens is 2. The standard InChI is InChI=1S/C18H22ClN3O3/c1-4-9-21(11-16(23)24)18(25)17-12(2)20-22(13(17)3)10-14-7-5-6-8-15(14)19/h5-8H,4,9-11H2,1-3H3,(H,23,24). The normalized spacial score (nSPS) is 10.7. The minimum atomic E-state index is -1.03. The average molecular weight is 364 g/mol. The summed E-state index contributed by atoms with van der Waals surface area (Å²) in [7, 11) is 0. The van der Waals surface area contributed by atoms with E-state index in [1.807, 2.05) is 38.1 Å². The van der Waals surface area contributed by atoms with Gasteiger partial charge >= 0.3 is 5.97 Å².